The molecule has 0 saturated carbocycles. The monoisotopic (exact) mass is 696 g/mol. The van der Waals surface area contributed by atoms with E-state index in [1.165, 1.54) is 27.7 Å². The fraction of sp³-hybridized carbons (Fsp3) is 0.857. The molecule has 0 aromatic heterocycles. The molecule has 0 aromatic rings. The molecule has 0 unspecified atom stereocenters. The standard InChI is InChI=1S/C16H32N4O8.C12H24N4O4/c1-13(2,11(27)17-15(5-21,6-22)7-23)19-20-14(3,4)12(28)18-16(8-24,9-25)10-26;1-11(2,9(19)13-5-7-17)15-16-12(3,4)10(20)14-6-8-18/h21-26H,5-10H2,1-4H3,(H,17,27)(H,18,28);17-18H,5-8H2,1-4H3,(H,13,19)(H,14,20). The molecule has 0 aromatic carbocycles. The van der Waals surface area contributed by atoms with Gasteiger partial charge in [0.05, 0.1) is 52.9 Å². The number of hydrogen-bond acceptors (Lipinski definition) is 16. The molecule has 280 valence electrons. The third kappa shape index (κ3) is 14.9. The largest absolute Gasteiger partial charge is 0.395 e. The Hall–Kier alpha value is -3.24. The van der Waals surface area contributed by atoms with Gasteiger partial charge in [-0.2, -0.15) is 20.5 Å². The maximum absolute atomic E-state index is 12.4. The molecule has 0 heterocycles. The Morgan fingerprint density at radius 3 is 0.812 bits per heavy atom. The predicted molar refractivity (Wildman–Crippen MR) is 170 cm³/mol. The summed E-state index contributed by atoms with van der Waals surface area (Å²) in [5, 5.41) is 98.3. The van der Waals surface area contributed by atoms with Gasteiger partial charge in [-0.15, -0.1) is 0 Å². The second-order valence-corrected chi connectivity index (χ2v) is 13.0. The van der Waals surface area contributed by atoms with Crippen LogP contribution in [0.1, 0.15) is 55.4 Å². The van der Waals surface area contributed by atoms with Crippen LogP contribution in [0.4, 0.5) is 0 Å². The minimum absolute atomic E-state index is 0.137. The van der Waals surface area contributed by atoms with E-state index in [-0.39, 0.29) is 38.1 Å². The van der Waals surface area contributed by atoms with Crippen LogP contribution in [0.2, 0.25) is 0 Å². The van der Waals surface area contributed by atoms with Crippen LogP contribution in [-0.4, -0.2) is 164 Å². The lowest BCUT2D eigenvalue weighted by Gasteiger charge is -2.33. The summed E-state index contributed by atoms with van der Waals surface area (Å²) in [6.45, 7) is 7.42. The maximum atomic E-state index is 12.4. The Morgan fingerprint density at radius 2 is 0.625 bits per heavy atom. The van der Waals surface area contributed by atoms with E-state index < -0.39 is 84.7 Å². The van der Waals surface area contributed by atoms with Gasteiger partial charge in [0.2, 0.25) is 23.6 Å². The molecule has 0 aliphatic heterocycles. The Kier molecular flexibility index (Phi) is 19.8. The van der Waals surface area contributed by atoms with Crippen LogP contribution in [0, 0.1) is 0 Å². The highest BCUT2D eigenvalue weighted by molar-refractivity contribution is 5.88. The Balaban J connectivity index is 0. The Labute approximate surface area is 280 Å². The summed E-state index contributed by atoms with van der Waals surface area (Å²) in [6, 6.07) is 0. The van der Waals surface area contributed by atoms with Crippen molar-refractivity contribution in [1.82, 2.24) is 21.3 Å². The molecular formula is C28H56N8O12. The molecule has 0 radical (unpaired) electrons. The summed E-state index contributed by atoms with van der Waals surface area (Å²) in [5.74, 6) is -2.30. The normalized spacial score (nSPS) is 13.2. The Morgan fingerprint density at radius 1 is 0.417 bits per heavy atom. The molecular weight excluding hydrogens is 640 g/mol. The van der Waals surface area contributed by atoms with Crippen LogP contribution in [0.25, 0.3) is 0 Å². The summed E-state index contributed by atoms with van der Waals surface area (Å²) in [7, 11) is 0. The van der Waals surface area contributed by atoms with E-state index in [4.69, 9.17) is 10.2 Å². The van der Waals surface area contributed by atoms with Crippen LogP contribution >= 0.6 is 0 Å². The molecule has 0 aliphatic carbocycles. The molecule has 20 nitrogen and oxygen atoms in total. The third-order valence-electron chi connectivity index (χ3n) is 6.69. The number of hydrogen-bond donors (Lipinski definition) is 12. The van der Waals surface area contributed by atoms with Crippen molar-refractivity contribution in [3.05, 3.63) is 0 Å². The predicted octanol–water partition coefficient (Wildman–Crippen LogP) is -4.13. The second-order valence-electron chi connectivity index (χ2n) is 13.0. The zero-order valence-electron chi connectivity index (χ0n) is 29.1. The SMILES string of the molecule is CC(C)(N=NC(C)(C)C(=O)NC(CO)(CO)CO)C(=O)NC(CO)(CO)CO.CC(C)(N=NC(C)(C)C(=O)NCCO)C(=O)NCCO. The average molecular weight is 697 g/mol. The number of carbonyl (C=O) groups excluding carboxylic acids is 4. The van der Waals surface area contributed by atoms with Gasteiger partial charge < -0.3 is 62.1 Å². The first-order valence-corrected chi connectivity index (χ1v) is 15.0. The van der Waals surface area contributed by atoms with Crippen molar-refractivity contribution >= 4 is 23.6 Å². The number of nitrogens with one attached hydrogen (secondary N) is 4. The van der Waals surface area contributed by atoms with Gasteiger partial charge in [-0.1, -0.05) is 0 Å². The molecule has 0 rings (SSSR count). The molecule has 0 saturated heterocycles. The van der Waals surface area contributed by atoms with Crippen LogP contribution in [-0.2, 0) is 19.2 Å². The van der Waals surface area contributed by atoms with Crippen molar-refractivity contribution in [3.63, 3.8) is 0 Å². The van der Waals surface area contributed by atoms with E-state index in [1.54, 1.807) is 27.7 Å². The van der Waals surface area contributed by atoms with Crippen LogP contribution in [0.3, 0.4) is 0 Å². The first kappa shape index (κ1) is 46.9. The van der Waals surface area contributed by atoms with Gasteiger partial charge in [0, 0.05) is 13.1 Å². The Bertz CT molecular complexity index is 990. The third-order valence-corrected chi connectivity index (χ3v) is 6.69. The van der Waals surface area contributed by atoms with Crippen molar-refractivity contribution in [1.29, 1.82) is 0 Å². The van der Waals surface area contributed by atoms with E-state index in [0.29, 0.717) is 0 Å². The molecule has 0 spiro atoms. The molecule has 48 heavy (non-hydrogen) atoms. The number of carbonyl (C=O) groups is 4. The average Bonchev–Trinajstić information content (AvgIpc) is 3.05. The number of rotatable bonds is 20. The summed E-state index contributed by atoms with van der Waals surface area (Å²) in [6.07, 6.45) is 0. The maximum Gasteiger partial charge on any atom is 0.249 e. The number of aliphatic hydroxyl groups is 8. The zero-order chi connectivity index (χ0) is 38.0. The molecule has 0 fully saturated rings. The summed E-state index contributed by atoms with van der Waals surface area (Å²) in [5.41, 5.74) is -8.60. The fourth-order valence-corrected chi connectivity index (χ4v) is 2.78. The zero-order valence-corrected chi connectivity index (χ0v) is 29.1. The number of aliphatic hydroxyl groups excluding tert-OH is 8. The van der Waals surface area contributed by atoms with Gasteiger partial charge >= 0.3 is 0 Å². The number of azo groups is 2. The van der Waals surface area contributed by atoms with E-state index in [1.807, 2.05) is 0 Å². The van der Waals surface area contributed by atoms with Gasteiger partial charge in [-0.3, -0.25) is 19.2 Å². The minimum Gasteiger partial charge on any atom is -0.395 e. The van der Waals surface area contributed by atoms with E-state index >= 15 is 0 Å². The van der Waals surface area contributed by atoms with E-state index in [9.17, 15) is 49.8 Å². The molecule has 0 aliphatic rings. The number of amides is 4. The van der Waals surface area contributed by atoms with Gasteiger partial charge in [-0.05, 0) is 55.4 Å². The van der Waals surface area contributed by atoms with Crippen LogP contribution in [0.15, 0.2) is 20.5 Å². The van der Waals surface area contributed by atoms with Crippen molar-refractivity contribution in [2.75, 3.05) is 65.9 Å². The lowest BCUT2D eigenvalue weighted by atomic mass is 9.98. The molecule has 0 bridgehead atoms. The smallest absolute Gasteiger partial charge is 0.249 e. The van der Waals surface area contributed by atoms with Gasteiger partial charge in [0.25, 0.3) is 0 Å². The summed E-state index contributed by atoms with van der Waals surface area (Å²) >= 11 is 0. The van der Waals surface area contributed by atoms with Crippen molar-refractivity contribution in [2.45, 2.75) is 88.6 Å². The van der Waals surface area contributed by atoms with E-state index in [0.717, 1.165) is 0 Å². The van der Waals surface area contributed by atoms with Crippen molar-refractivity contribution < 1.29 is 60.0 Å². The summed E-state index contributed by atoms with van der Waals surface area (Å²) in [4.78, 5) is 48.4. The van der Waals surface area contributed by atoms with Gasteiger partial charge in [0.1, 0.15) is 11.1 Å². The minimum atomic E-state index is -1.64. The highest BCUT2D eigenvalue weighted by Crippen LogP contribution is 2.19. The second kappa shape index (κ2) is 20.3. The van der Waals surface area contributed by atoms with Crippen molar-refractivity contribution in [2.24, 2.45) is 20.5 Å². The first-order chi connectivity index (χ1) is 22.0. The van der Waals surface area contributed by atoms with Gasteiger partial charge in [-0.25, -0.2) is 0 Å². The highest BCUT2D eigenvalue weighted by Gasteiger charge is 2.40. The highest BCUT2D eigenvalue weighted by atomic mass is 16.3. The topological polar surface area (TPSA) is 328 Å². The molecule has 20 heteroatoms. The molecule has 0 atom stereocenters. The number of nitrogens with zero attached hydrogens (tertiary/aromatic N) is 4. The fourth-order valence-electron chi connectivity index (χ4n) is 2.78. The van der Waals surface area contributed by atoms with Gasteiger partial charge in [0.15, 0.2) is 22.2 Å². The first-order valence-electron chi connectivity index (χ1n) is 15.0. The quantitative estimate of drug-likeness (QED) is 0.0540. The van der Waals surface area contributed by atoms with E-state index in [2.05, 4.69) is 41.7 Å². The molecule has 4 amide bonds. The summed E-state index contributed by atoms with van der Waals surface area (Å²) < 4.78 is 0. The van der Waals surface area contributed by atoms with Crippen LogP contribution in [0.5, 0.6) is 0 Å². The molecule has 12 N–H and O–H groups in total. The lowest BCUT2D eigenvalue weighted by molar-refractivity contribution is -0.131. The van der Waals surface area contributed by atoms with Crippen molar-refractivity contribution in [3.8, 4) is 0 Å². The van der Waals surface area contributed by atoms with Crippen LogP contribution < -0.4 is 21.3 Å². The lowest BCUT2D eigenvalue weighted by Crippen LogP contribution is -2.61.